The summed E-state index contributed by atoms with van der Waals surface area (Å²) in [6, 6.07) is -0.0589. The zero-order valence-corrected chi connectivity index (χ0v) is 10.7. The Balaban J connectivity index is 2.55. The number of aliphatic carboxylic acids is 1. The molecule has 0 aromatic carbocycles. The Bertz CT molecular complexity index is 389. The molecule has 0 bridgehead atoms. The molecule has 1 rings (SSSR count). The quantitative estimate of drug-likeness (QED) is 0.786. The van der Waals surface area contributed by atoms with E-state index in [9.17, 15) is 9.59 Å². The fourth-order valence-corrected chi connectivity index (χ4v) is 1.64. The van der Waals surface area contributed by atoms with Crippen LogP contribution in [0.2, 0.25) is 0 Å². The molecule has 1 amide bonds. The molecule has 6 heteroatoms. The van der Waals surface area contributed by atoms with Gasteiger partial charge in [-0.25, -0.2) is 4.98 Å². The van der Waals surface area contributed by atoms with Crippen molar-refractivity contribution >= 4 is 11.9 Å². The number of hydrogen-bond acceptors (Lipinski definition) is 3. The van der Waals surface area contributed by atoms with Crippen LogP contribution in [0.1, 0.15) is 26.7 Å². The van der Waals surface area contributed by atoms with Gasteiger partial charge in [0.1, 0.15) is 6.54 Å². The molecule has 1 atom stereocenters. The maximum absolute atomic E-state index is 12.0. The van der Waals surface area contributed by atoms with E-state index >= 15 is 0 Å². The lowest BCUT2D eigenvalue weighted by Crippen LogP contribution is -2.42. The second-order valence-electron chi connectivity index (χ2n) is 4.22. The summed E-state index contributed by atoms with van der Waals surface area (Å²) in [6.07, 6.45) is 6.09. The van der Waals surface area contributed by atoms with E-state index in [-0.39, 0.29) is 24.9 Å². The highest BCUT2D eigenvalue weighted by Crippen LogP contribution is 2.06. The monoisotopic (exact) mass is 253 g/mol. The average molecular weight is 253 g/mol. The molecule has 6 nitrogen and oxygen atoms in total. The lowest BCUT2D eigenvalue weighted by Gasteiger charge is -2.27. The van der Waals surface area contributed by atoms with Crippen LogP contribution in [-0.2, 0) is 16.1 Å². The predicted molar refractivity (Wildman–Crippen MR) is 65.9 cm³/mol. The molecule has 0 spiro atoms. The van der Waals surface area contributed by atoms with Gasteiger partial charge in [-0.1, -0.05) is 6.92 Å². The third-order valence-electron chi connectivity index (χ3n) is 2.89. The van der Waals surface area contributed by atoms with Gasteiger partial charge in [0.05, 0.1) is 6.33 Å². The number of aromatic nitrogens is 2. The van der Waals surface area contributed by atoms with Crippen LogP contribution in [0, 0.1) is 0 Å². The zero-order chi connectivity index (χ0) is 13.5. The van der Waals surface area contributed by atoms with Crippen molar-refractivity contribution in [2.24, 2.45) is 0 Å². The zero-order valence-electron chi connectivity index (χ0n) is 10.7. The number of carbonyl (C=O) groups excluding carboxylic acids is 1. The molecule has 1 N–H and O–H groups in total. The molecule has 0 aliphatic heterocycles. The molecule has 0 fully saturated rings. The Morgan fingerprint density at radius 3 is 2.72 bits per heavy atom. The average Bonchev–Trinajstić information content (AvgIpc) is 2.85. The van der Waals surface area contributed by atoms with E-state index in [0.717, 1.165) is 6.42 Å². The summed E-state index contributed by atoms with van der Waals surface area (Å²) >= 11 is 0. The van der Waals surface area contributed by atoms with E-state index < -0.39 is 5.97 Å². The first-order valence-corrected chi connectivity index (χ1v) is 6.01. The molecule has 100 valence electrons. The van der Waals surface area contributed by atoms with Crippen molar-refractivity contribution in [3.8, 4) is 0 Å². The number of carboxylic acids is 1. The van der Waals surface area contributed by atoms with Crippen molar-refractivity contribution in [2.75, 3.05) is 6.54 Å². The smallest absolute Gasteiger partial charge is 0.323 e. The van der Waals surface area contributed by atoms with Gasteiger partial charge in [0.15, 0.2) is 0 Å². The van der Waals surface area contributed by atoms with Gasteiger partial charge in [-0.05, 0) is 13.3 Å². The first kappa shape index (κ1) is 14.2. The number of rotatable bonds is 7. The lowest BCUT2D eigenvalue weighted by molar-refractivity contribution is -0.146. The third-order valence-corrected chi connectivity index (χ3v) is 2.89. The highest BCUT2D eigenvalue weighted by Gasteiger charge is 2.20. The van der Waals surface area contributed by atoms with Gasteiger partial charge in [-0.2, -0.15) is 0 Å². The number of carboxylic acid groups (broad SMARTS) is 1. The first-order valence-electron chi connectivity index (χ1n) is 6.01. The van der Waals surface area contributed by atoms with Crippen LogP contribution in [0.15, 0.2) is 18.7 Å². The van der Waals surface area contributed by atoms with Crippen LogP contribution in [0.5, 0.6) is 0 Å². The van der Waals surface area contributed by atoms with Crippen molar-refractivity contribution in [1.29, 1.82) is 0 Å². The van der Waals surface area contributed by atoms with Crippen molar-refractivity contribution in [1.82, 2.24) is 14.5 Å². The van der Waals surface area contributed by atoms with E-state index in [1.54, 1.807) is 23.3 Å². The Morgan fingerprint density at radius 2 is 2.22 bits per heavy atom. The normalized spacial score (nSPS) is 12.1. The van der Waals surface area contributed by atoms with E-state index in [1.807, 2.05) is 13.8 Å². The van der Waals surface area contributed by atoms with Crippen molar-refractivity contribution in [3.05, 3.63) is 18.7 Å². The Hall–Kier alpha value is -1.85. The number of aryl methyl sites for hydroxylation is 1. The first-order chi connectivity index (χ1) is 8.54. The minimum atomic E-state index is -0.980. The molecule has 0 radical (unpaired) electrons. The van der Waals surface area contributed by atoms with E-state index in [4.69, 9.17) is 5.11 Å². The van der Waals surface area contributed by atoms with Gasteiger partial charge in [0.2, 0.25) is 5.91 Å². The molecule has 0 aliphatic carbocycles. The maximum Gasteiger partial charge on any atom is 0.323 e. The second kappa shape index (κ2) is 6.78. The van der Waals surface area contributed by atoms with Gasteiger partial charge < -0.3 is 14.6 Å². The summed E-state index contributed by atoms with van der Waals surface area (Å²) < 4.78 is 1.80. The standard InChI is InChI=1S/C12H19N3O3/c1-3-10(2)15(8-12(17)18)11(16)4-6-14-7-5-13-9-14/h5,7,9-10H,3-4,6,8H2,1-2H3,(H,17,18). The highest BCUT2D eigenvalue weighted by molar-refractivity contribution is 5.81. The van der Waals surface area contributed by atoms with Gasteiger partial charge in [-0.3, -0.25) is 9.59 Å². The van der Waals surface area contributed by atoms with Gasteiger partial charge in [-0.15, -0.1) is 0 Å². The topological polar surface area (TPSA) is 75.4 Å². The molecule has 0 aliphatic rings. The molecular weight excluding hydrogens is 234 g/mol. The minimum absolute atomic E-state index is 0.0589. The molecule has 0 saturated carbocycles. The number of nitrogens with zero attached hydrogens (tertiary/aromatic N) is 3. The number of hydrogen-bond donors (Lipinski definition) is 1. The molecule has 1 aromatic rings. The van der Waals surface area contributed by atoms with Crippen LogP contribution in [0.3, 0.4) is 0 Å². The van der Waals surface area contributed by atoms with Crippen LogP contribution >= 0.6 is 0 Å². The van der Waals surface area contributed by atoms with Crippen molar-refractivity contribution < 1.29 is 14.7 Å². The summed E-state index contributed by atoms with van der Waals surface area (Å²) in [5.74, 6) is -1.12. The third kappa shape index (κ3) is 4.20. The van der Waals surface area contributed by atoms with Crippen LogP contribution < -0.4 is 0 Å². The fourth-order valence-electron chi connectivity index (χ4n) is 1.64. The largest absolute Gasteiger partial charge is 0.480 e. The molecule has 18 heavy (non-hydrogen) atoms. The molecule has 0 saturated heterocycles. The van der Waals surface area contributed by atoms with Gasteiger partial charge >= 0.3 is 5.97 Å². The molecule has 1 aromatic heterocycles. The van der Waals surface area contributed by atoms with Crippen LogP contribution in [0.25, 0.3) is 0 Å². The Morgan fingerprint density at radius 1 is 1.50 bits per heavy atom. The van der Waals surface area contributed by atoms with E-state index in [0.29, 0.717) is 6.54 Å². The summed E-state index contributed by atoms with van der Waals surface area (Å²) in [5, 5.41) is 8.82. The minimum Gasteiger partial charge on any atom is -0.480 e. The summed E-state index contributed by atoms with van der Waals surface area (Å²) in [7, 11) is 0. The SMILES string of the molecule is CCC(C)N(CC(=O)O)C(=O)CCn1ccnc1. The number of imidazole rings is 1. The second-order valence-corrected chi connectivity index (χ2v) is 4.22. The number of amides is 1. The van der Waals surface area contributed by atoms with E-state index in [1.165, 1.54) is 4.90 Å². The van der Waals surface area contributed by atoms with Crippen LogP contribution in [0.4, 0.5) is 0 Å². The Labute approximate surface area is 106 Å². The summed E-state index contributed by atoms with van der Waals surface area (Å²) in [4.78, 5) is 28.1. The molecular formula is C12H19N3O3. The van der Waals surface area contributed by atoms with Crippen LogP contribution in [-0.4, -0.2) is 44.0 Å². The highest BCUT2D eigenvalue weighted by atomic mass is 16.4. The molecule has 1 heterocycles. The van der Waals surface area contributed by atoms with E-state index in [2.05, 4.69) is 4.98 Å². The lowest BCUT2D eigenvalue weighted by atomic mass is 10.2. The van der Waals surface area contributed by atoms with Gasteiger partial charge in [0, 0.05) is 31.4 Å². The summed E-state index contributed by atoms with van der Waals surface area (Å²) in [5.41, 5.74) is 0. The predicted octanol–water partition coefficient (Wildman–Crippen LogP) is 0.985. The Kier molecular flexibility index (Phi) is 5.35. The molecule has 1 unspecified atom stereocenters. The van der Waals surface area contributed by atoms with Crippen molar-refractivity contribution in [2.45, 2.75) is 39.3 Å². The summed E-state index contributed by atoms with van der Waals surface area (Å²) in [6.45, 7) is 4.07. The van der Waals surface area contributed by atoms with Gasteiger partial charge in [0.25, 0.3) is 0 Å². The maximum atomic E-state index is 12.0. The van der Waals surface area contributed by atoms with Crippen molar-refractivity contribution in [3.63, 3.8) is 0 Å². The fraction of sp³-hybridized carbons (Fsp3) is 0.583. The number of carbonyl (C=O) groups is 2.